The first kappa shape index (κ1) is 21.0. The molecule has 0 unspecified atom stereocenters. The van der Waals surface area contributed by atoms with Crippen molar-refractivity contribution in [2.75, 3.05) is 32.1 Å². The van der Waals surface area contributed by atoms with Crippen LogP contribution in [0, 0.1) is 12.7 Å². The van der Waals surface area contributed by atoms with Crippen LogP contribution in [-0.2, 0) is 11.3 Å². The number of carbonyl (C=O) groups excluding carboxylic acids is 1. The second-order valence-electron chi connectivity index (χ2n) is 7.53. The fourth-order valence-corrected chi connectivity index (χ4v) is 3.43. The van der Waals surface area contributed by atoms with E-state index in [0.29, 0.717) is 18.8 Å². The summed E-state index contributed by atoms with van der Waals surface area (Å²) in [5.74, 6) is -0.299. The average Bonchev–Trinajstić information content (AvgIpc) is 3.18. The quantitative estimate of drug-likeness (QED) is 0.750. The Morgan fingerprint density at radius 3 is 2.93 bits per heavy atom. The number of likely N-dealkylation sites (N-methyl/N-ethyl adjacent to an activating group) is 1. The molecule has 1 N–H and O–H groups in total. The van der Waals surface area contributed by atoms with Gasteiger partial charge in [-0.1, -0.05) is 13.0 Å². The Bertz CT molecular complexity index is 828. The normalized spacial score (nSPS) is 16.6. The molecule has 1 saturated heterocycles. The molecule has 1 aliphatic rings. The van der Waals surface area contributed by atoms with Gasteiger partial charge in [0.25, 0.3) is 0 Å². The van der Waals surface area contributed by atoms with Crippen LogP contribution in [0.5, 0.6) is 0 Å². The highest BCUT2D eigenvalue weighted by atomic mass is 19.1. The number of benzene rings is 1. The highest BCUT2D eigenvalue weighted by Crippen LogP contribution is 2.24. The summed E-state index contributed by atoms with van der Waals surface area (Å²) < 4.78 is 19.5. The monoisotopic (exact) mass is 400 g/mol. The molecule has 1 atom stereocenters. The van der Waals surface area contributed by atoms with Gasteiger partial charge in [-0.05, 0) is 49.6 Å². The zero-order valence-corrected chi connectivity index (χ0v) is 17.3. The fraction of sp³-hybridized carbons (Fsp3) is 0.455. The lowest BCUT2D eigenvalue weighted by Crippen LogP contribution is -2.39. The molecule has 1 aliphatic heterocycles. The molecule has 0 spiro atoms. The standard InChI is InChI=1S/C22H29FN4O2/c1-4-11-29-22(28)26(3)19-9-10-27(15-19)14-17-6-8-20(23)21(12-17)25-18-7-5-16(2)24-13-18/h5-8,12-13,19,25H,4,9-11,14-15H2,1-3H3/t19-/m0/s1. The summed E-state index contributed by atoms with van der Waals surface area (Å²) in [7, 11) is 1.79. The van der Waals surface area contributed by atoms with E-state index in [1.54, 1.807) is 24.2 Å². The number of ether oxygens (including phenoxy) is 1. The molecule has 2 aromatic rings. The molecule has 0 aliphatic carbocycles. The Balaban J connectivity index is 1.59. The number of pyridine rings is 1. The molecule has 0 saturated carbocycles. The predicted octanol–water partition coefficient (Wildman–Crippen LogP) is 4.33. The minimum Gasteiger partial charge on any atom is -0.449 e. The second-order valence-corrected chi connectivity index (χ2v) is 7.53. The Morgan fingerprint density at radius 2 is 2.21 bits per heavy atom. The number of anilines is 2. The first-order valence-corrected chi connectivity index (χ1v) is 10.1. The van der Waals surface area contributed by atoms with Crippen molar-refractivity contribution in [3.63, 3.8) is 0 Å². The van der Waals surface area contributed by atoms with Gasteiger partial charge < -0.3 is 15.0 Å². The summed E-state index contributed by atoms with van der Waals surface area (Å²) in [4.78, 5) is 20.3. The lowest BCUT2D eigenvalue weighted by Gasteiger charge is -2.24. The lowest BCUT2D eigenvalue weighted by molar-refractivity contribution is 0.0975. The van der Waals surface area contributed by atoms with E-state index in [4.69, 9.17) is 4.74 Å². The van der Waals surface area contributed by atoms with Gasteiger partial charge in [0.2, 0.25) is 0 Å². The Morgan fingerprint density at radius 1 is 1.38 bits per heavy atom. The SMILES string of the molecule is CCCOC(=O)N(C)[C@H]1CCN(Cc2ccc(F)c(Nc3ccc(C)nc3)c2)C1. The van der Waals surface area contributed by atoms with E-state index in [0.717, 1.165) is 42.9 Å². The molecule has 29 heavy (non-hydrogen) atoms. The van der Waals surface area contributed by atoms with Crippen molar-refractivity contribution in [1.82, 2.24) is 14.8 Å². The molecule has 1 fully saturated rings. The number of aromatic nitrogens is 1. The fourth-order valence-electron chi connectivity index (χ4n) is 3.43. The molecular weight excluding hydrogens is 371 g/mol. The lowest BCUT2D eigenvalue weighted by atomic mass is 10.1. The van der Waals surface area contributed by atoms with Gasteiger partial charge in [0, 0.05) is 38.4 Å². The number of likely N-dealkylation sites (tertiary alicyclic amines) is 1. The van der Waals surface area contributed by atoms with Gasteiger partial charge in [-0.25, -0.2) is 9.18 Å². The Labute approximate surface area is 171 Å². The van der Waals surface area contributed by atoms with Crippen LogP contribution < -0.4 is 5.32 Å². The van der Waals surface area contributed by atoms with Gasteiger partial charge in [-0.15, -0.1) is 0 Å². The number of halogens is 1. The number of nitrogens with zero attached hydrogens (tertiary/aromatic N) is 3. The number of carbonyl (C=O) groups is 1. The summed E-state index contributed by atoms with van der Waals surface area (Å²) in [5, 5.41) is 3.10. The van der Waals surface area contributed by atoms with Crippen molar-refractivity contribution >= 4 is 17.5 Å². The average molecular weight is 400 g/mol. The van der Waals surface area contributed by atoms with Crippen molar-refractivity contribution in [3.05, 3.63) is 53.6 Å². The van der Waals surface area contributed by atoms with Gasteiger partial charge in [-0.3, -0.25) is 9.88 Å². The van der Waals surface area contributed by atoms with E-state index in [2.05, 4.69) is 15.2 Å². The zero-order valence-electron chi connectivity index (χ0n) is 17.3. The van der Waals surface area contributed by atoms with Crippen LogP contribution in [0.15, 0.2) is 36.5 Å². The molecule has 0 radical (unpaired) electrons. The van der Waals surface area contributed by atoms with Crippen LogP contribution in [0.25, 0.3) is 0 Å². The number of rotatable bonds is 7. The summed E-state index contributed by atoms with van der Waals surface area (Å²) >= 11 is 0. The third-order valence-corrected chi connectivity index (χ3v) is 5.14. The van der Waals surface area contributed by atoms with Crippen molar-refractivity contribution in [2.24, 2.45) is 0 Å². The molecule has 7 heteroatoms. The molecule has 3 rings (SSSR count). The third-order valence-electron chi connectivity index (χ3n) is 5.14. The van der Waals surface area contributed by atoms with Gasteiger partial charge in [0.15, 0.2) is 0 Å². The van der Waals surface area contributed by atoms with Gasteiger partial charge in [-0.2, -0.15) is 0 Å². The molecule has 1 aromatic heterocycles. The largest absolute Gasteiger partial charge is 0.449 e. The topological polar surface area (TPSA) is 57.7 Å². The molecule has 1 aromatic carbocycles. The van der Waals surface area contributed by atoms with E-state index >= 15 is 0 Å². The van der Waals surface area contributed by atoms with Crippen molar-refractivity contribution < 1.29 is 13.9 Å². The van der Waals surface area contributed by atoms with Crippen LogP contribution in [-0.4, -0.2) is 53.7 Å². The van der Waals surface area contributed by atoms with Crippen LogP contribution in [0.4, 0.5) is 20.6 Å². The smallest absolute Gasteiger partial charge is 0.409 e. The van der Waals surface area contributed by atoms with E-state index in [-0.39, 0.29) is 18.0 Å². The number of hydrogen-bond donors (Lipinski definition) is 1. The number of nitrogens with one attached hydrogen (secondary N) is 1. The van der Waals surface area contributed by atoms with Crippen molar-refractivity contribution in [3.8, 4) is 0 Å². The minimum atomic E-state index is -0.299. The number of hydrogen-bond acceptors (Lipinski definition) is 5. The van der Waals surface area contributed by atoms with Crippen LogP contribution >= 0.6 is 0 Å². The molecule has 1 amide bonds. The maximum atomic E-state index is 14.3. The summed E-state index contributed by atoms with van der Waals surface area (Å²) in [6.45, 7) is 6.70. The summed E-state index contributed by atoms with van der Waals surface area (Å²) in [6.07, 6.45) is 3.15. The summed E-state index contributed by atoms with van der Waals surface area (Å²) in [5.41, 5.74) is 3.12. The van der Waals surface area contributed by atoms with E-state index in [9.17, 15) is 9.18 Å². The first-order valence-electron chi connectivity index (χ1n) is 10.1. The molecule has 0 bridgehead atoms. The van der Waals surface area contributed by atoms with E-state index in [1.807, 2.05) is 32.0 Å². The number of aryl methyl sites for hydroxylation is 1. The minimum absolute atomic E-state index is 0.135. The Hall–Kier alpha value is -2.67. The van der Waals surface area contributed by atoms with Gasteiger partial charge >= 0.3 is 6.09 Å². The van der Waals surface area contributed by atoms with E-state index in [1.165, 1.54) is 6.07 Å². The highest BCUT2D eigenvalue weighted by molar-refractivity contribution is 5.67. The van der Waals surface area contributed by atoms with Crippen LogP contribution in [0.1, 0.15) is 31.0 Å². The number of amides is 1. The molecule has 156 valence electrons. The van der Waals surface area contributed by atoms with E-state index < -0.39 is 0 Å². The van der Waals surface area contributed by atoms with Crippen molar-refractivity contribution in [2.45, 2.75) is 39.3 Å². The Kier molecular flexibility index (Phi) is 7.04. The first-order chi connectivity index (χ1) is 14.0. The maximum absolute atomic E-state index is 14.3. The van der Waals surface area contributed by atoms with Crippen molar-refractivity contribution in [1.29, 1.82) is 0 Å². The van der Waals surface area contributed by atoms with Gasteiger partial charge in [0.05, 0.1) is 24.2 Å². The maximum Gasteiger partial charge on any atom is 0.409 e. The predicted molar refractivity (Wildman–Crippen MR) is 112 cm³/mol. The van der Waals surface area contributed by atoms with Crippen LogP contribution in [0.3, 0.4) is 0 Å². The van der Waals surface area contributed by atoms with Crippen LogP contribution in [0.2, 0.25) is 0 Å². The molecule has 6 nitrogen and oxygen atoms in total. The second kappa shape index (κ2) is 9.69. The van der Waals surface area contributed by atoms with Gasteiger partial charge in [0.1, 0.15) is 5.82 Å². The summed E-state index contributed by atoms with van der Waals surface area (Å²) in [6, 6.07) is 9.03. The third kappa shape index (κ3) is 5.67. The molecular formula is C22H29FN4O2. The zero-order chi connectivity index (χ0) is 20.8. The molecule has 2 heterocycles. The highest BCUT2D eigenvalue weighted by Gasteiger charge is 2.29.